The van der Waals surface area contributed by atoms with E-state index >= 15 is 0 Å². The molecular formula is C26H28ClN3O5S2. The summed E-state index contributed by atoms with van der Waals surface area (Å²) >= 11 is 6.04. The van der Waals surface area contributed by atoms with E-state index in [9.17, 15) is 21.6 Å². The van der Waals surface area contributed by atoms with Crippen molar-refractivity contribution in [2.24, 2.45) is 5.92 Å². The first-order valence-electron chi connectivity index (χ1n) is 11.8. The summed E-state index contributed by atoms with van der Waals surface area (Å²) in [6.45, 7) is 2.47. The molecule has 1 heterocycles. The summed E-state index contributed by atoms with van der Waals surface area (Å²) in [7, 11) is -7.33. The smallest absolute Gasteiger partial charge is 0.261 e. The number of piperidine rings is 1. The molecule has 1 saturated heterocycles. The quantitative estimate of drug-likeness (QED) is 0.416. The summed E-state index contributed by atoms with van der Waals surface area (Å²) in [6.07, 6.45) is 0.820. The second kappa shape index (κ2) is 11.2. The summed E-state index contributed by atoms with van der Waals surface area (Å²) in [5.74, 6) is -0.622. The van der Waals surface area contributed by atoms with Gasteiger partial charge in [0, 0.05) is 24.7 Å². The molecule has 1 fully saturated rings. The van der Waals surface area contributed by atoms with Crippen molar-refractivity contribution >= 4 is 48.9 Å². The van der Waals surface area contributed by atoms with Crippen molar-refractivity contribution < 1.29 is 21.6 Å². The van der Waals surface area contributed by atoms with Crippen molar-refractivity contribution in [1.82, 2.24) is 4.31 Å². The number of halogens is 1. The van der Waals surface area contributed by atoms with Crippen molar-refractivity contribution in [3.63, 3.8) is 0 Å². The van der Waals surface area contributed by atoms with Gasteiger partial charge in [0.25, 0.3) is 10.0 Å². The predicted molar refractivity (Wildman–Crippen MR) is 145 cm³/mol. The minimum Gasteiger partial charge on any atom is -0.326 e. The summed E-state index contributed by atoms with van der Waals surface area (Å²) in [5.41, 5.74) is 2.47. The van der Waals surface area contributed by atoms with Gasteiger partial charge in [0.1, 0.15) is 0 Å². The van der Waals surface area contributed by atoms with E-state index < -0.39 is 20.0 Å². The van der Waals surface area contributed by atoms with Crippen LogP contribution >= 0.6 is 11.6 Å². The van der Waals surface area contributed by atoms with Gasteiger partial charge in [-0.15, -0.1) is 0 Å². The van der Waals surface area contributed by atoms with E-state index in [1.165, 1.54) is 28.6 Å². The Morgan fingerprint density at radius 2 is 1.62 bits per heavy atom. The highest BCUT2D eigenvalue weighted by atomic mass is 35.5. The zero-order chi connectivity index (χ0) is 26.6. The van der Waals surface area contributed by atoms with E-state index in [-0.39, 0.29) is 46.3 Å². The molecule has 0 saturated carbocycles. The average molecular weight is 562 g/mol. The van der Waals surface area contributed by atoms with Gasteiger partial charge < -0.3 is 5.32 Å². The van der Waals surface area contributed by atoms with Gasteiger partial charge in [0.2, 0.25) is 15.9 Å². The van der Waals surface area contributed by atoms with Crippen LogP contribution in [-0.2, 0) is 30.6 Å². The molecule has 0 aliphatic carbocycles. The van der Waals surface area contributed by atoms with Crippen molar-refractivity contribution in [3.05, 3.63) is 88.9 Å². The Labute approximate surface area is 222 Å². The van der Waals surface area contributed by atoms with Gasteiger partial charge in [-0.2, -0.15) is 0 Å². The molecule has 0 bridgehead atoms. The molecule has 1 aliphatic rings. The molecule has 196 valence electrons. The molecule has 0 unspecified atom stereocenters. The first kappa shape index (κ1) is 27.1. The molecule has 0 radical (unpaired) electrons. The fourth-order valence-corrected chi connectivity index (χ4v) is 7.08. The molecule has 8 nitrogen and oxygen atoms in total. The molecule has 1 aliphatic heterocycles. The normalized spacial score (nSPS) is 15.3. The Morgan fingerprint density at radius 1 is 0.946 bits per heavy atom. The lowest BCUT2D eigenvalue weighted by atomic mass is 9.97. The van der Waals surface area contributed by atoms with Crippen LogP contribution in [0.2, 0.25) is 5.02 Å². The van der Waals surface area contributed by atoms with Crippen LogP contribution in [0.5, 0.6) is 0 Å². The van der Waals surface area contributed by atoms with Crippen LogP contribution in [0.25, 0.3) is 0 Å². The lowest BCUT2D eigenvalue weighted by Crippen LogP contribution is -2.41. The number of nitrogens with zero attached hydrogens (tertiary/aromatic N) is 1. The highest BCUT2D eigenvalue weighted by Crippen LogP contribution is 2.26. The number of rotatable bonds is 8. The molecule has 0 atom stereocenters. The Bertz CT molecular complexity index is 1480. The second-order valence-electron chi connectivity index (χ2n) is 9.02. The zero-order valence-corrected chi connectivity index (χ0v) is 22.6. The minimum atomic E-state index is -3.86. The van der Waals surface area contributed by atoms with Gasteiger partial charge in [0.05, 0.1) is 21.4 Å². The number of carbonyl (C=O) groups is 1. The van der Waals surface area contributed by atoms with Crippen LogP contribution in [-0.4, -0.2) is 40.1 Å². The maximum atomic E-state index is 12.8. The van der Waals surface area contributed by atoms with Gasteiger partial charge in [0.15, 0.2) is 0 Å². The van der Waals surface area contributed by atoms with Crippen LogP contribution in [0.4, 0.5) is 11.4 Å². The number of nitrogens with one attached hydrogen (secondary N) is 2. The Kier molecular flexibility index (Phi) is 8.23. The predicted octanol–water partition coefficient (Wildman–Crippen LogP) is 4.63. The fourth-order valence-electron chi connectivity index (χ4n) is 4.21. The lowest BCUT2D eigenvalue weighted by molar-refractivity contribution is -0.120. The fraction of sp³-hybridized carbons (Fsp3) is 0.269. The summed E-state index contributed by atoms with van der Waals surface area (Å²) < 4.78 is 54.9. The number of anilines is 2. The van der Waals surface area contributed by atoms with Gasteiger partial charge in [-0.1, -0.05) is 53.6 Å². The highest BCUT2D eigenvalue weighted by Gasteiger charge is 2.31. The topological polar surface area (TPSA) is 113 Å². The largest absolute Gasteiger partial charge is 0.326 e. The van der Waals surface area contributed by atoms with E-state index in [1.807, 2.05) is 25.1 Å². The van der Waals surface area contributed by atoms with Crippen LogP contribution < -0.4 is 10.0 Å². The van der Waals surface area contributed by atoms with Crippen molar-refractivity contribution in [2.45, 2.75) is 30.4 Å². The SMILES string of the molecule is Cc1cccc(CS(=O)(=O)N2CCC(C(=O)Nc3ccc(S(=O)(=O)Nc4ccccc4Cl)cc3)CC2)c1. The molecule has 37 heavy (non-hydrogen) atoms. The Morgan fingerprint density at radius 3 is 2.27 bits per heavy atom. The standard InChI is InChI=1S/C26H28ClN3O5S2/c1-19-5-4-6-20(17-19)18-36(32,33)30-15-13-21(14-16-30)26(31)28-22-9-11-23(12-10-22)37(34,35)29-25-8-3-2-7-24(25)27/h2-12,17,21,29H,13-16,18H2,1H3,(H,28,31). The van der Waals surface area contributed by atoms with E-state index in [0.29, 0.717) is 18.5 Å². The Balaban J connectivity index is 1.32. The second-order valence-corrected chi connectivity index (χ2v) is 13.1. The number of aryl methyl sites for hydroxylation is 1. The molecular weight excluding hydrogens is 534 g/mol. The van der Waals surface area contributed by atoms with E-state index in [0.717, 1.165) is 11.1 Å². The lowest BCUT2D eigenvalue weighted by Gasteiger charge is -2.30. The molecule has 3 aromatic carbocycles. The molecule has 0 aromatic heterocycles. The van der Waals surface area contributed by atoms with Crippen molar-refractivity contribution in [1.29, 1.82) is 0 Å². The van der Waals surface area contributed by atoms with E-state index in [1.54, 1.807) is 30.3 Å². The van der Waals surface area contributed by atoms with Crippen molar-refractivity contribution in [2.75, 3.05) is 23.1 Å². The maximum absolute atomic E-state index is 12.8. The van der Waals surface area contributed by atoms with Gasteiger partial charge >= 0.3 is 0 Å². The first-order chi connectivity index (χ1) is 17.5. The number of hydrogen-bond donors (Lipinski definition) is 2. The third kappa shape index (κ3) is 6.89. The highest BCUT2D eigenvalue weighted by molar-refractivity contribution is 7.92. The average Bonchev–Trinajstić information content (AvgIpc) is 2.85. The van der Waals surface area contributed by atoms with E-state index in [4.69, 9.17) is 11.6 Å². The third-order valence-corrected chi connectivity index (χ3v) is 9.76. The number of carbonyl (C=O) groups excluding carboxylic acids is 1. The van der Waals surface area contributed by atoms with Crippen LogP contribution in [0.3, 0.4) is 0 Å². The number of amides is 1. The zero-order valence-electron chi connectivity index (χ0n) is 20.2. The third-order valence-electron chi connectivity index (χ3n) is 6.20. The molecule has 11 heteroatoms. The van der Waals surface area contributed by atoms with Crippen molar-refractivity contribution in [3.8, 4) is 0 Å². The molecule has 4 rings (SSSR count). The number of para-hydroxylation sites is 1. The van der Waals surface area contributed by atoms with E-state index in [2.05, 4.69) is 10.0 Å². The molecule has 0 spiro atoms. The molecule has 2 N–H and O–H groups in total. The van der Waals surface area contributed by atoms with Crippen LogP contribution in [0.15, 0.2) is 77.7 Å². The van der Waals surface area contributed by atoms with Crippen LogP contribution in [0, 0.1) is 12.8 Å². The summed E-state index contributed by atoms with van der Waals surface area (Å²) in [6, 6.07) is 19.8. The molecule has 1 amide bonds. The summed E-state index contributed by atoms with van der Waals surface area (Å²) in [4.78, 5) is 12.8. The maximum Gasteiger partial charge on any atom is 0.261 e. The summed E-state index contributed by atoms with van der Waals surface area (Å²) in [5, 5.41) is 3.09. The van der Waals surface area contributed by atoms with Crippen LogP contribution in [0.1, 0.15) is 24.0 Å². The first-order valence-corrected chi connectivity index (χ1v) is 15.2. The molecule has 3 aromatic rings. The van der Waals surface area contributed by atoms with Gasteiger partial charge in [-0.3, -0.25) is 9.52 Å². The van der Waals surface area contributed by atoms with Gasteiger partial charge in [-0.25, -0.2) is 21.1 Å². The van der Waals surface area contributed by atoms with Gasteiger partial charge in [-0.05, 0) is 61.7 Å². The Hall–Kier alpha value is -2.92. The number of hydrogen-bond acceptors (Lipinski definition) is 5. The minimum absolute atomic E-state index is 0.0255. The number of benzene rings is 3. The number of sulfonamides is 2. The monoisotopic (exact) mass is 561 g/mol.